The fraction of sp³-hybridized carbons (Fsp3) is 0.364. The van der Waals surface area contributed by atoms with Crippen molar-refractivity contribution in [1.29, 1.82) is 0 Å². The first-order valence-corrected chi connectivity index (χ1v) is 10.0. The maximum atomic E-state index is 12.4. The Labute approximate surface area is 160 Å². The summed E-state index contributed by atoms with van der Waals surface area (Å²) in [5.74, 6) is 0.396. The molecule has 2 rings (SSSR count). The van der Waals surface area contributed by atoms with E-state index in [1.54, 1.807) is 11.8 Å². The van der Waals surface area contributed by atoms with Gasteiger partial charge in [0, 0.05) is 10.5 Å². The molecule has 0 fully saturated rings. The van der Waals surface area contributed by atoms with Crippen molar-refractivity contribution in [2.45, 2.75) is 44.4 Å². The Hall–Kier alpha value is -2.07. The monoisotopic (exact) mass is 370 g/mol. The molecule has 0 saturated carbocycles. The number of hydrogen-bond donors (Lipinski definition) is 0. The Morgan fingerprint density at radius 1 is 1.04 bits per heavy atom. The molecule has 0 radical (unpaired) electrons. The van der Waals surface area contributed by atoms with Gasteiger partial charge in [-0.2, -0.15) is 0 Å². The molecule has 0 saturated heterocycles. The Morgan fingerprint density at radius 3 is 2.38 bits per heavy atom. The summed E-state index contributed by atoms with van der Waals surface area (Å²) in [6, 6.07) is 13.5. The number of carbonyl (C=O) groups is 2. The summed E-state index contributed by atoms with van der Waals surface area (Å²) in [6.45, 7) is 3.69. The molecule has 2 aromatic rings. The van der Waals surface area contributed by atoms with Crippen molar-refractivity contribution >= 4 is 23.5 Å². The number of benzene rings is 2. The van der Waals surface area contributed by atoms with Crippen molar-refractivity contribution in [1.82, 2.24) is 0 Å². The summed E-state index contributed by atoms with van der Waals surface area (Å²) in [4.78, 5) is 25.6. The van der Waals surface area contributed by atoms with Crippen LogP contribution in [0.15, 0.2) is 47.4 Å². The summed E-state index contributed by atoms with van der Waals surface area (Å²) in [5, 5.41) is 0. The van der Waals surface area contributed by atoms with Crippen molar-refractivity contribution in [2.24, 2.45) is 0 Å². The zero-order chi connectivity index (χ0) is 18.9. The second kappa shape index (κ2) is 10.2. The van der Waals surface area contributed by atoms with Crippen LogP contribution in [0.2, 0.25) is 0 Å². The molecular weight excluding hydrogens is 344 g/mol. The molecule has 2 aromatic carbocycles. The van der Waals surface area contributed by atoms with Gasteiger partial charge in [0.2, 0.25) is 0 Å². The number of thioether (sulfide) groups is 1. The van der Waals surface area contributed by atoms with Gasteiger partial charge in [0.25, 0.3) is 0 Å². The number of unbranched alkanes of at least 4 members (excludes halogenated alkanes) is 3. The van der Waals surface area contributed by atoms with E-state index in [1.807, 2.05) is 42.5 Å². The van der Waals surface area contributed by atoms with Crippen molar-refractivity contribution in [3.05, 3.63) is 53.6 Å². The van der Waals surface area contributed by atoms with Gasteiger partial charge in [-0.1, -0.05) is 56.5 Å². The van der Waals surface area contributed by atoms with E-state index in [0.717, 1.165) is 28.2 Å². The first-order chi connectivity index (χ1) is 12.6. The molecule has 0 unspecified atom stereocenters. The predicted molar refractivity (Wildman–Crippen MR) is 108 cm³/mol. The van der Waals surface area contributed by atoms with Crippen molar-refractivity contribution in [3.63, 3.8) is 0 Å². The number of rotatable bonds is 9. The number of esters is 1. The number of methoxy groups -OCH3 is 1. The molecule has 0 N–H and O–H groups in total. The minimum Gasteiger partial charge on any atom is -0.465 e. The van der Waals surface area contributed by atoms with Crippen LogP contribution in [-0.4, -0.2) is 24.6 Å². The van der Waals surface area contributed by atoms with Gasteiger partial charge in [-0.05, 0) is 42.4 Å². The molecule has 138 valence electrons. The third kappa shape index (κ3) is 5.21. The first-order valence-electron chi connectivity index (χ1n) is 9.04. The lowest BCUT2D eigenvalue weighted by Crippen LogP contribution is -2.11. The lowest BCUT2D eigenvalue weighted by molar-refractivity contribution is 0.0598. The van der Waals surface area contributed by atoms with Gasteiger partial charge in [-0.3, -0.25) is 4.79 Å². The summed E-state index contributed by atoms with van der Waals surface area (Å²) < 4.78 is 4.96. The lowest BCUT2D eigenvalue weighted by Gasteiger charge is -2.15. The third-order valence-corrected chi connectivity index (χ3v) is 5.29. The average Bonchev–Trinajstić information content (AvgIpc) is 2.67. The standard InChI is InChI=1S/C22H26O3S/c1-4-5-6-10-13-26-18-14-19(16(2)23)21(22(24)25-3)20(15-18)17-11-8-7-9-12-17/h7-9,11-12,14-15H,4-6,10,13H2,1-3H3. The maximum Gasteiger partial charge on any atom is 0.339 e. The van der Waals surface area contributed by atoms with Gasteiger partial charge in [-0.25, -0.2) is 4.79 Å². The van der Waals surface area contributed by atoms with Gasteiger partial charge in [0.1, 0.15) is 0 Å². The smallest absolute Gasteiger partial charge is 0.339 e. The van der Waals surface area contributed by atoms with Crippen LogP contribution >= 0.6 is 11.8 Å². The van der Waals surface area contributed by atoms with E-state index in [-0.39, 0.29) is 5.78 Å². The van der Waals surface area contributed by atoms with E-state index in [2.05, 4.69) is 6.92 Å². The van der Waals surface area contributed by atoms with Crippen LogP contribution < -0.4 is 0 Å². The van der Waals surface area contributed by atoms with Crippen LogP contribution in [0.1, 0.15) is 60.2 Å². The molecule has 0 atom stereocenters. The van der Waals surface area contributed by atoms with E-state index in [9.17, 15) is 9.59 Å². The molecule has 0 aliphatic heterocycles. The number of Topliss-reactive ketones (excluding diaryl/α,β-unsaturated/α-hetero) is 1. The normalized spacial score (nSPS) is 10.6. The molecule has 0 heterocycles. The summed E-state index contributed by atoms with van der Waals surface area (Å²) in [7, 11) is 1.34. The number of carbonyl (C=O) groups excluding carboxylic acids is 2. The van der Waals surface area contributed by atoms with E-state index < -0.39 is 5.97 Å². The molecule has 0 spiro atoms. The van der Waals surface area contributed by atoms with Crippen LogP contribution in [0.4, 0.5) is 0 Å². The highest BCUT2D eigenvalue weighted by Gasteiger charge is 2.22. The van der Waals surface area contributed by atoms with Crippen molar-refractivity contribution in [3.8, 4) is 11.1 Å². The van der Waals surface area contributed by atoms with Crippen LogP contribution in [0.5, 0.6) is 0 Å². The Morgan fingerprint density at radius 2 is 1.77 bits per heavy atom. The van der Waals surface area contributed by atoms with Gasteiger partial charge < -0.3 is 4.74 Å². The summed E-state index contributed by atoms with van der Waals surface area (Å²) >= 11 is 1.73. The fourth-order valence-electron chi connectivity index (χ4n) is 2.86. The van der Waals surface area contributed by atoms with Crippen LogP contribution in [0.3, 0.4) is 0 Å². The quantitative estimate of drug-likeness (QED) is 0.234. The average molecular weight is 371 g/mol. The molecule has 0 aromatic heterocycles. The first kappa shape index (κ1) is 20.2. The Kier molecular flexibility index (Phi) is 7.92. The highest BCUT2D eigenvalue weighted by molar-refractivity contribution is 7.99. The van der Waals surface area contributed by atoms with Crippen LogP contribution in [0.25, 0.3) is 11.1 Å². The highest BCUT2D eigenvalue weighted by Crippen LogP contribution is 2.33. The van der Waals surface area contributed by atoms with E-state index in [4.69, 9.17) is 4.74 Å². The number of hydrogen-bond acceptors (Lipinski definition) is 4. The second-order valence-corrected chi connectivity index (χ2v) is 7.38. The molecule has 0 amide bonds. The summed E-state index contributed by atoms with van der Waals surface area (Å²) in [6.07, 6.45) is 4.82. The molecular formula is C22H26O3S. The number of ketones is 1. The van der Waals surface area contributed by atoms with Gasteiger partial charge in [-0.15, -0.1) is 11.8 Å². The van der Waals surface area contributed by atoms with E-state index >= 15 is 0 Å². The molecule has 0 bridgehead atoms. The Bertz CT molecular complexity index is 753. The molecule has 4 heteroatoms. The summed E-state index contributed by atoms with van der Waals surface area (Å²) in [5.41, 5.74) is 2.43. The fourth-order valence-corrected chi connectivity index (χ4v) is 3.85. The van der Waals surface area contributed by atoms with Crippen LogP contribution in [-0.2, 0) is 4.74 Å². The molecule has 3 nitrogen and oxygen atoms in total. The second-order valence-electron chi connectivity index (χ2n) is 6.22. The zero-order valence-corrected chi connectivity index (χ0v) is 16.5. The molecule has 26 heavy (non-hydrogen) atoms. The topological polar surface area (TPSA) is 43.4 Å². The van der Waals surface area contributed by atoms with Gasteiger partial charge >= 0.3 is 5.97 Å². The zero-order valence-electron chi connectivity index (χ0n) is 15.7. The third-order valence-electron chi connectivity index (χ3n) is 4.23. The Balaban J connectivity index is 2.44. The maximum absolute atomic E-state index is 12.4. The largest absolute Gasteiger partial charge is 0.465 e. The van der Waals surface area contributed by atoms with Crippen molar-refractivity contribution < 1.29 is 14.3 Å². The minimum atomic E-state index is -0.478. The van der Waals surface area contributed by atoms with Gasteiger partial charge in [0.15, 0.2) is 5.78 Å². The molecule has 0 aliphatic rings. The SMILES string of the molecule is CCCCCCSc1cc(C(C)=O)c(C(=O)OC)c(-c2ccccc2)c1. The van der Waals surface area contributed by atoms with Crippen molar-refractivity contribution in [2.75, 3.05) is 12.9 Å². The lowest BCUT2D eigenvalue weighted by atomic mass is 9.94. The van der Waals surface area contributed by atoms with E-state index in [0.29, 0.717) is 11.1 Å². The highest BCUT2D eigenvalue weighted by atomic mass is 32.2. The number of ether oxygens (including phenoxy) is 1. The van der Waals surface area contributed by atoms with E-state index in [1.165, 1.54) is 33.3 Å². The minimum absolute atomic E-state index is 0.129. The molecule has 0 aliphatic carbocycles. The van der Waals surface area contributed by atoms with Gasteiger partial charge in [0.05, 0.1) is 12.7 Å². The van der Waals surface area contributed by atoms with Crippen LogP contribution in [0, 0.1) is 0 Å². The predicted octanol–water partition coefficient (Wildman–Crippen LogP) is 6.02.